The number of aryl methyl sites for hydroxylation is 1. The van der Waals surface area contributed by atoms with Crippen LogP contribution in [0, 0.1) is 0 Å². The summed E-state index contributed by atoms with van der Waals surface area (Å²) in [5, 5.41) is 9.15. The highest BCUT2D eigenvalue weighted by molar-refractivity contribution is 5.89. The van der Waals surface area contributed by atoms with Crippen molar-refractivity contribution in [2.75, 3.05) is 6.61 Å². The van der Waals surface area contributed by atoms with E-state index in [1.807, 2.05) is 12.1 Å². The first-order valence-corrected chi connectivity index (χ1v) is 12.1. The fourth-order valence-corrected chi connectivity index (χ4v) is 4.68. The number of fused-ring (bicyclic) bond motifs is 1. The molecule has 0 heterocycles. The Morgan fingerprint density at radius 2 is 1.81 bits per heavy atom. The maximum absolute atomic E-state index is 11.1. The third kappa shape index (κ3) is 6.03. The Morgan fingerprint density at radius 1 is 1.09 bits per heavy atom. The van der Waals surface area contributed by atoms with Crippen molar-refractivity contribution in [3.63, 3.8) is 0 Å². The van der Waals surface area contributed by atoms with Gasteiger partial charge in [0.15, 0.2) is 0 Å². The van der Waals surface area contributed by atoms with Crippen molar-refractivity contribution in [2.24, 2.45) is 0 Å². The Kier molecular flexibility index (Phi) is 8.17. The van der Waals surface area contributed by atoms with Gasteiger partial charge in [0, 0.05) is 5.56 Å². The van der Waals surface area contributed by atoms with Crippen molar-refractivity contribution < 1.29 is 14.6 Å². The normalized spacial score (nSPS) is 15.3. The molecule has 0 aromatic heterocycles. The molecule has 1 N–H and O–H groups in total. The quantitative estimate of drug-likeness (QED) is 0.305. The molecule has 3 heteroatoms. The van der Waals surface area contributed by atoms with E-state index < -0.39 is 5.97 Å². The van der Waals surface area contributed by atoms with Crippen LogP contribution in [0.25, 0.3) is 11.6 Å². The lowest BCUT2D eigenvalue weighted by molar-refractivity contribution is 0.0697. The molecule has 0 amide bonds. The zero-order chi connectivity index (χ0) is 23.1. The number of carboxylic acid groups (broad SMARTS) is 1. The first-order valence-electron chi connectivity index (χ1n) is 12.1. The zero-order valence-electron chi connectivity index (χ0n) is 20.2. The lowest BCUT2D eigenvalue weighted by Gasteiger charge is -2.33. The number of allylic oxidation sites excluding steroid dienone is 1. The van der Waals surface area contributed by atoms with Crippen molar-refractivity contribution in [1.29, 1.82) is 0 Å². The molecule has 0 spiro atoms. The van der Waals surface area contributed by atoms with Crippen molar-refractivity contribution in [2.45, 2.75) is 84.5 Å². The van der Waals surface area contributed by atoms with Gasteiger partial charge in [-0.1, -0.05) is 64.7 Å². The van der Waals surface area contributed by atoms with E-state index >= 15 is 0 Å². The molecule has 0 saturated carbocycles. The molecule has 1 aliphatic rings. The molecule has 0 unspecified atom stereocenters. The first-order chi connectivity index (χ1) is 15.3. The van der Waals surface area contributed by atoms with Crippen molar-refractivity contribution >= 4 is 17.6 Å². The molecule has 0 fully saturated rings. The molecule has 0 bridgehead atoms. The Hall–Kier alpha value is -2.55. The molecular formula is C29H38O3. The highest BCUT2D eigenvalue weighted by Crippen LogP contribution is 2.41. The van der Waals surface area contributed by atoms with E-state index in [0.29, 0.717) is 5.56 Å². The SMILES string of the molecule is CCCCCCCOc1cc2c(cc1/C(C)=C/c1ccc(C(=O)O)cc1)C(C)(C)CCC2. The number of hydrogen-bond acceptors (Lipinski definition) is 2. The molecule has 0 atom stereocenters. The predicted molar refractivity (Wildman–Crippen MR) is 134 cm³/mol. The topological polar surface area (TPSA) is 46.5 Å². The summed E-state index contributed by atoms with van der Waals surface area (Å²) in [7, 11) is 0. The lowest BCUT2D eigenvalue weighted by Crippen LogP contribution is -2.24. The summed E-state index contributed by atoms with van der Waals surface area (Å²) in [4.78, 5) is 11.1. The number of unbranched alkanes of at least 4 members (excludes halogenated alkanes) is 4. The molecule has 0 aliphatic heterocycles. The van der Waals surface area contributed by atoms with Crippen LogP contribution in [0.1, 0.15) is 105 Å². The third-order valence-corrected chi connectivity index (χ3v) is 6.65. The van der Waals surface area contributed by atoms with Gasteiger partial charge in [-0.25, -0.2) is 4.79 Å². The van der Waals surface area contributed by atoms with Gasteiger partial charge in [-0.3, -0.25) is 0 Å². The first kappa shape index (κ1) is 24.1. The van der Waals surface area contributed by atoms with E-state index in [2.05, 4.69) is 45.9 Å². The highest BCUT2D eigenvalue weighted by atomic mass is 16.5. The van der Waals surface area contributed by atoms with Gasteiger partial charge in [-0.15, -0.1) is 0 Å². The van der Waals surface area contributed by atoms with Gasteiger partial charge in [0.05, 0.1) is 12.2 Å². The summed E-state index contributed by atoms with van der Waals surface area (Å²) in [5.74, 6) is 0.0802. The monoisotopic (exact) mass is 434 g/mol. The van der Waals surface area contributed by atoms with Crippen molar-refractivity contribution in [3.05, 3.63) is 64.2 Å². The molecule has 1 aliphatic carbocycles. The third-order valence-electron chi connectivity index (χ3n) is 6.65. The molecular weight excluding hydrogens is 396 g/mol. The second-order valence-corrected chi connectivity index (χ2v) is 9.76. The summed E-state index contributed by atoms with van der Waals surface area (Å²) < 4.78 is 6.34. The van der Waals surface area contributed by atoms with Crippen LogP contribution in [0.15, 0.2) is 36.4 Å². The van der Waals surface area contributed by atoms with Crippen molar-refractivity contribution in [3.8, 4) is 5.75 Å². The molecule has 0 saturated heterocycles. The Balaban J connectivity index is 1.89. The van der Waals surface area contributed by atoms with E-state index in [1.54, 1.807) is 12.1 Å². The fourth-order valence-electron chi connectivity index (χ4n) is 4.68. The zero-order valence-corrected chi connectivity index (χ0v) is 20.2. The van der Waals surface area contributed by atoms with E-state index in [4.69, 9.17) is 9.84 Å². The Morgan fingerprint density at radius 3 is 2.50 bits per heavy atom. The molecule has 0 radical (unpaired) electrons. The van der Waals surface area contributed by atoms with Gasteiger partial charge in [-0.2, -0.15) is 0 Å². The van der Waals surface area contributed by atoms with Crippen LogP contribution < -0.4 is 4.74 Å². The summed E-state index contributed by atoms with van der Waals surface area (Å²) in [6.45, 7) is 9.79. The molecule has 3 nitrogen and oxygen atoms in total. The summed E-state index contributed by atoms with van der Waals surface area (Å²) in [5.41, 5.74) is 6.61. The average molecular weight is 435 g/mol. The maximum atomic E-state index is 11.1. The minimum Gasteiger partial charge on any atom is -0.493 e. The van der Waals surface area contributed by atoms with Crippen molar-refractivity contribution in [1.82, 2.24) is 0 Å². The highest BCUT2D eigenvalue weighted by Gasteiger charge is 2.29. The van der Waals surface area contributed by atoms with Gasteiger partial charge >= 0.3 is 5.97 Å². The predicted octanol–water partition coefficient (Wildman–Crippen LogP) is 7.91. The molecule has 2 aromatic rings. The second-order valence-electron chi connectivity index (χ2n) is 9.76. The smallest absolute Gasteiger partial charge is 0.335 e. The number of hydrogen-bond donors (Lipinski definition) is 1. The van der Waals surface area contributed by atoms with Gasteiger partial charge in [0.25, 0.3) is 0 Å². The number of ether oxygens (including phenoxy) is 1. The average Bonchev–Trinajstić information content (AvgIpc) is 2.76. The minimum absolute atomic E-state index is 0.171. The Bertz CT molecular complexity index is 951. The summed E-state index contributed by atoms with van der Waals surface area (Å²) in [6.07, 6.45) is 11.8. The van der Waals surface area contributed by atoms with Gasteiger partial charge in [0.2, 0.25) is 0 Å². The van der Waals surface area contributed by atoms with E-state index in [1.165, 1.54) is 49.7 Å². The van der Waals surface area contributed by atoms with Crippen LogP contribution in [0.5, 0.6) is 5.75 Å². The number of aromatic carboxylic acids is 1. The summed E-state index contributed by atoms with van der Waals surface area (Å²) in [6, 6.07) is 11.7. The number of carbonyl (C=O) groups is 1. The van der Waals surface area contributed by atoms with Crippen LogP contribution in [-0.4, -0.2) is 17.7 Å². The Labute approximate surface area is 193 Å². The van der Waals surface area contributed by atoms with E-state index in [-0.39, 0.29) is 5.41 Å². The van der Waals surface area contributed by atoms with Crippen LogP contribution >= 0.6 is 0 Å². The van der Waals surface area contributed by atoms with Gasteiger partial charge in [-0.05, 0) is 84.6 Å². The lowest BCUT2D eigenvalue weighted by atomic mass is 9.72. The van der Waals surface area contributed by atoms with Crippen LogP contribution in [0.3, 0.4) is 0 Å². The molecule has 2 aromatic carbocycles. The standard InChI is InChI=1S/C29H38O3/c1-5-6-7-8-9-17-32-27-19-24-11-10-16-29(3,4)26(24)20-25(27)21(2)18-22-12-14-23(15-13-22)28(30)31/h12-15,18-20H,5-11,16-17H2,1-4H3,(H,30,31)/b21-18+. The number of carboxylic acids is 1. The van der Waals surface area contributed by atoms with Gasteiger partial charge < -0.3 is 9.84 Å². The van der Waals surface area contributed by atoms with Crippen LogP contribution in [0.2, 0.25) is 0 Å². The van der Waals surface area contributed by atoms with Crippen LogP contribution in [0.4, 0.5) is 0 Å². The van der Waals surface area contributed by atoms with Gasteiger partial charge in [0.1, 0.15) is 5.75 Å². The van der Waals surface area contributed by atoms with E-state index in [0.717, 1.165) is 41.9 Å². The van der Waals surface area contributed by atoms with Crippen LogP contribution in [-0.2, 0) is 11.8 Å². The maximum Gasteiger partial charge on any atom is 0.335 e. The number of rotatable bonds is 10. The van der Waals surface area contributed by atoms with E-state index in [9.17, 15) is 4.79 Å². The fraction of sp³-hybridized carbons (Fsp3) is 0.483. The number of benzene rings is 2. The largest absolute Gasteiger partial charge is 0.493 e. The summed E-state index contributed by atoms with van der Waals surface area (Å²) >= 11 is 0. The minimum atomic E-state index is -0.899. The molecule has 172 valence electrons. The molecule has 32 heavy (non-hydrogen) atoms. The second kappa shape index (κ2) is 10.8. The molecule has 3 rings (SSSR count).